The maximum Gasteiger partial charge on any atom is 0.220 e. The van der Waals surface area contributed by atoms with Crippen LogP contribution in [-0.4, -0.2) is 87.5 Å². The molecule has 77 heavy (non-hydrogen) atoms. The molecule has 1 fully saturated rings. The van der Waals surface area contributed by atoms with Crippen LogP contribution in [0, 0.1) is 0 Å². The van der Waals surface area contributed by atoms with E-state index in [0.29, 0.717) is 6.42 Å². The van der Waals surface area contributed by atoms with Crippen LogP contribution < -0.4 is 5.32 Å². The third kappa shape index (κ3) is 44.8. The Bertz CT molecular complexity index is 1670. The number of carbonyl (C=O) groups excluding carboxylic acids is 1. The van der Waals surface area contributed by atoms with E-state index >= 15 is 0 Å². The summed E-state index contributed by atoms with van der Waals surface area (Å²) in [6, 6.07) is -0.844. The second-order valence-corrected chi connectivity index (χ2v) is 20.8. The lowest BCUT2D eigenvalue weighted by molar-refractivity contribution is -0.302. The Kier molecular flexibility index (Phi) is 51.5. The van der Waals surface area contributed by atoms with Gasteiger partial charge >= 0.3 is 0 Å². The molecule has 6 N–H and O–H groups in total. The predicted molar refractivity (Wildman–Crippen MR) is 327 cm³/mol. The molecule has 0 saturated carbocycles. The van der Waals surface area contributed by atoms with Crippen LogP contribution in [0.15, 0.2) is 134 Å². The second-order valence-electron chi connectivity index (χ2n) is 20.8. The first-order chi connectivity index (χ1) is 37.8. The van der Waals surface area contributed by atoms with Gasteiger partial charge < -0.3 is 40.3 Å². The summed E-state index contributed by atoms with van der Waals surface area (Å²) in [5.41, 5.74) is 0. The highest BCUT2D eigenvalue weighted by Gasteiger charge is 2.44. The van der Waals surface area contributed by atoms with E-state index in [4.69, 9.17) is 9.47 Å². The summed E-state index contributed by atoms with van der Waals surface area (Å²) >= 11 is 0. The van der Waals surface area contributed by atoms with Gasteiger partial charge in [-0.15, -0.1) is 0 Å². The molecule has 9 heteroatoms. The lowest BCUT2D eigenvalue weighted by Gasteiger charge is -2.40. The molecule has 0 aromatic heterocycles. The molecular formula is C68H113NO8. The maximum atomic E-state index is 13.1. The molecule has 0 bridgehead atoms. The van der Waals surface area contributed by atoms with Crippen LogP contribution in [0.25, 0.3) is 0 Å². The third-order valence-electron chi connectivity index (χ3n) is 13.7. The van der Waals surface area contributed by atoms with E-state index in [1.54, 1.807) is 6.08 Å². The molecule has 0 aromatic rings. The minimum absolute atomic E-state index is 0.210. The summed E-state index contributed by atoms with van der Waals surface area (Å²) in [5, 5.41) is 54.6. The molecule has 1 aliphatic rings. The smallest absolute Gasteiger partial charge is 0.220 e. The van der Waals surface area contributed by atoms with Gasteiger partial charge in [0.2, 0.25) is 5.91 Å². The molecule has 1 heterocycles. The Morgan fingerprint density at radius 2 is 0.818 bits per heavy atom. The number of unbranched alkanes of at least 4 members (excludes halogenated alkanes) is 21. The van der Waals surface area contributed by atoms with Crippen molar-refractivity contribution in [2.45, 2.75) is 275 Å². The Balaban J connectivity index is 2.26. The Morgan fingerprint density at radius 3 is 1.25 bits per heavy atom. The third-order valence-corrected chi connectivity index (χ3v) is 13.7. The summed E-state index contributed by atoms with van der Waals surface area (Å²) in [4.78, 5) is 13.1. The fourth-order valence-electron chi connectivity index (χ4n) is 8.87. The average molecular weight is 1070 g/mol. The van der Waals surface area contributed by atoms with Crippen LogP contribution >= 0.6 is 0 Å². The molecule has 0 aliphatic carbocycles. The Morgan fingerprint density at radius 1 is 0.455 bits per heavy atom. The van der Waals surface area contributed by atoms with Crippen LogP contribution in [0.2, 0.25) is 0 Å². The average Bonchev–Trinajstić information content (AvgIpc) is 3.43. The zero-order valence-electron chi connectivity index (χ0n) is 48.7. The largest absolute Gasteiger partial charge is 0.394 e. The van der Waals surface area contributed by atoms with E-state index in [1.807, 2.05) is 6.08 Å². The summed E-state index contributed by atoms with van der Waals surface area (Å²) in [6.07, 6.45) is 78.0. The van der Waals surface area contributed by atoms with Crippen LogP contribution in [0.5, 0.6) is 0 Å². The fourth-order valence-corrected chi connectivity index (χ4v) is 8.87. The molecule has 0 spiro atoms. The van der Waals surface area contributed by atoms with Crippen LogP contribution in [0.1, 0.15) is 232 Å². The molecular weight excluding hydrogens is 959 g/mol. The number of nitrogens with one attached hydrogen (secondary N) is 1. The van der Waals surface area contributed by atoms with Gasteiger partial charge in [0, 0.05) is 6.42 Å². The fraction of sp³-hybridized carbons (Fsp3) is 0.662. The number of aliphatic hydroxyl groups is 5. The van der Waals surface area contributed by atoms with E-state index < -0.39 is 49.5 Å². The molecule has 1 saturated heterocycles. The molecule has 0 radical (unpaired) electrons. The molecule has 7 atom stereocenters. The van der Waals surface area contributed by atoms with Gasteiger partial charge in [-0.25, -0.2) is 0 Å². The van der Waals surface area contributed by atoms with Crippen molar-refractivity contribution >= 4 is 5.91 Å². The minimum atomic E-state index is -1.58. The van der Waals surface area contributed by atoms with Crippen LogP contribution in [0.4, 0.5) is 0 Å². The first kappa shape index (κ1) is 71.3. The predicted octanol–water partition coefficient (Wildman–Crippen LogP) is 16.1. The summed E-state index contributed by atoms with van der Waals surface area (Å²) < 4.78 is 11.3. The highest BCUT2D eigenvalue weighted by molar-refractivity contribution is 5.76. The number of rotatable bonds is 51. The molecule has 0 aromatic carbocycles. The monoisotopic (exact) mass is 1070 g/mol. The van der Waals surface area contributed by atoms with Crippen molar-refractivity contribution in [3.8, 4) is 0 Å². The van der Waals surface area contributed by atoms with Gasteiger partial charge in [-0.2, -0.15) is 0 Å². The topological polar surface area (TPSA) is 149 Å². The summed E-state index contributed by atoms with van der Waals surface area (Å²) in [5.74, 6) is -0.210. The van der Waals surface area contributed by atoms with Crippen LogP contribution in [-0.2, 0) is 14.3 Å². The zero-order chi connectivity index (χ0) is 55.8. The number of allylic oxidation sites excluding steroid dienone is 21. The van der Waals surface area contributed by atoms with Gasteiger partial charge in [0.1, 0.15) is 24.4 Å². The lowest BCUT2D eigenvalue weighted by Crippen LogP contribution is -2.60. The summed E-state index contributed by atoms with van der Waals surface area (Å²) in [6.45, 7) is 3.64. The van der Waals surface area contributed by atoms with Gasteiger partial charge in [-0.05, 0) is 103 Å². The molecule has 9 nitrogen and oxygen atoms in total. The first-order valence-corrected chi connectivity index (χ1v) is 30.9. The van der Waals surface area contributed by atoms with Crippen molar-refractivity contribution in [2.24, 2.45) is 0 Å². The summed E-state index contributed by atoms with van der Waals surface area (Å²) in [7, 11) is 0. The number of amides is 1. The van der Waals surface area contributed by atoms with E-state index in [-0.39, 0.29) is 12.5 Å². The van der Waals surface area contributed by atoms with E-state index in [0.717, 1.165) is 116 Å². The molecule has 1 rings (SSSR count). The van der Waals surface area contributed by atoms with Crippen molar-refractivity contribution in [3.05, 3.63) is 134 Å². The van der Waals surface area contributed by atoms with E-state index in [9.17, 15) is 30.3 Å². The van der Waals surface area contributed by atoms with Crippen molar-refractivity contribution in [2.75, 3.05) is 13.2 Å². The molecule has 1 aliphatic heterocycles. The van der Waals surface area contributed by atoms with Crippen molar-refractivity contribution in [3.63, 3.8) is 0 Å². The number of aliphatic hydroxyl groups excluding tert-OH is 5. The van der Waals surface area contributed by atoms with Gasteiger partial charge in [0.25, 0.3) is 0 Å². The van der Waals surface area contributed by atoms with Gasteiger partial charge in [-0.3, -0.25) is 4.79 Å². The molecule has 1 amide bonds. The standard InChI is InChI=1S/C68H113NO8/c1-3-5-7-9-11-13-15-17-19-21-23-25-26-27-28-29-30-31-32-33-34-35-36-38-40-42-44-46-48-50-52-54-56-58-64(72)69-61(60-76-68-67(75)66(74)65(73)63(59-70)77-68)62(71)57-55-53-51-49-47-45-43-41-39-37-24-22-20-18-16-14-12-10-8-6-4-2/h5,7,11,13,17,19,23,25,27-28,30-31,33-34,36,38,42,44,47,49,55,57,61-63,65-68,70-71,73-75H,3-4,6,8-10,12,14-16,18,20-22,24,26,29,32,35,37,39-41,43,45-46,48,50-54,56,58-60H2,1-2H3,(H,69,72)/b7-5-,13-11-,19-17-,25-23-,28-27-,31-30-,34-33-,38-36-,44-42-,49-47+,57-55+. The zero-order valence-corrected chi connectivity index (χ0v) is 48.7. The van der Waals surface area contributed by atoms with Gasteiger partial charge in [0.15, 0.2) is 6.29 Å². The minimum Gasteiger partial charge on any atom is -0.394 e. The first-order valence-electron chi connectivity index (χ1n) is 30.9. The maximum absolute atomic E-state index is 13.1. The normalized spacial score (nSPS) is 19.7. The SMILES string of the molecule is CC/C=C\C/C=C\C/C=C\C/C=C\C/C=C\C/C=C\C/C=C\C/C=C\C/C=C\CCCCCCCC(=O)NC(COC1OC(CO)C(O)C(O)C1O)C(O)/C=C/CC/C=C/CCCCCCCCCCCCCCCCC. The number of carbonyl (C=O) groups is 1. The number of ether oxygens (including phenoxy) is 2. The molecule has 7 unspecified atom stereocenters. The van der Waals surface area contributed by atoms with Crippen molar-refractivity contribution < 1.29 is 39.8 Å². The van der Waals surface area contributed by atoms with E-state index in [2.05, 4.69) is 141 Å². The Labute approximate surface area is 471 Å². The Hall–Kier alpha value is -3.67. The second kappa shape index (κ2) is 55.6. The number of hydrogen-bond acceptors (Lipinski definition) is 8. The van der Waals surface area contributed by atoms with Gasteiger partial charge in [0.05, 0.1) is 25.4 Å². The highest BCUT2D eigenvalue weighted by Crippen LogP contribution is 2.23. The number of hydrogen-bond donors (Lipinski definition) is 6. The van der Waals surface area contributed by atoms with E-state index in [1.165, 1.54) is 96.3 Å². The van der Waals surface area contributed by atoms with Gasteiger partial charge in [-0.1, -0.05) is 257 Å². The molecule has 438 valence electrons. The highest BCUT2D eigenvalue weighted by atomic mass is 16.7. The van der Waals surface area contributed by atoms with Crippen molar-refractivity contribution in [1.82, 2.24) is 5.32 Å². The van der Waals surface area contributed by atoms with Crippen molar-refractivity contribution in [1.29, 1.82) is 0 Å². The van der Waals surface area contributed by atoms with Crippen LogP contribution in [0.3, 0.4) is 0 Å². The lowest BCUT2D eigenvalue weighted by atomic mass is 9.99. The quantitative estimate of drug-likeness (QED) is 0.0261.